The maximum atomic E-state index is 12.3. The zero-order valence-corrected chi connectivity index (χ0v) is 11.1. The molecule has 0 atom stereocenters. The van der Waals surface area contributed by atoms with E-state index < -0.39 is 12.1 Å². The maximum Gasteiger partial charge on any atom is 0.471 e. The summed E-state index contributed by atoms with van der Waals surface area (Å²) in [5, 5.41) is 0. The summed E-state index contributed by atoms with van der Waals surface area (Å²) in [5.74, 6) is -2.19. The molecule has 0 spiro atoms. The molecule has 3 nitrogen and oxygen atoms in total. The third kappa shape index (κ3) is 3.10. The molecule has 0 saturated heterocycles. The number of Topliss-reactive ketones (excluding diaryl/α,β-unsaturated/α-hetero) is 1. The van der Waals surface area contributed by atoms with Crippen molar-refractivity contribution in [3.05, 3.63) is 28.2 Å². The molecule has 0 N–H and O–H groups in total. The number of amides is 1. The lowest BCUT2D eigenvalue weighted by molar-refractivity contribution is -0.170. The zero-order valence-electron chi connectivity index (χ0n) is 9.51. The number of alkyl halides is 3. The topological polar surface area (TPSA) is 37.4 Å². The van der Waals surface area contributed by atoms with E-state index in [4.69, 9.17) is 0 Å². The van der Waals surface area contributed by atoms with Crippen LogP contribution in [0.5, 0.6) is 0 Å². The van der Waals surface area contributed by atoms with E-state index in [1.54, 1.807) is 0 Å². The number of anilines is 1. The van der Waals surface area contributed by atoms with Gasteiger partial charge in [0.05, 0.1) is 5.69 Å². The average molecular weight is 324 g/mol. The first-order valence-corrected chi connectivity index (χ1v) is 5.59. The third-order valence-corrected chi connectivity index (χ3v) is 2.90. The molecular weight excluding hydrogens is 315 g/mol. The Morgan fingerprint density at radius 3 is 2.22 bits per heavy atom. The molecule has 0 aromatic heterocycles. The van der Waals surface area contributed by atoms with E-state index >= 15 is 0 Å². The Kier molecular flexibility index (Phi) is 4.16. The van der Waals surface area contributed by atoms with Gasteiger partial charge in [-0.3, -0.25) is 9.59 Å². The van der Waals surface area contributed by atoms with Crippen LogP contribution in [0.2, 0.25) is 0 Å². The maximum absolute atomic E-state index is 12.3. The van der Waals surface area contributed by atoms with Crippen LogP contribution in [0.15, 0.2) is 22.7 Å². The molecule has 0 fully saturated rings. The molecule has 7 heteroatoms. The number of halogens is 4. The fourth-order valence-corrected chi connectivity index (χ4v) is 1.94. The Labute approximate surface area is 110 Å². The quantitative estimate of drug-likeness (QED) is 0.784. The van der Waals surface area contributed by atoms with Gasteiger partial charge in [-0.25, -0.2) is 0 Å². The molecule has 1 rings (SSSR count). The first-order valence-electron chi connectivity index (χ1n) is 4.80. The summed E-state index contributed by atoms with van der Waals surface area (Å²) in [5.41, 5.74) is 0.390. The number of nitrogens with zero attached hydrogens (tertiary/aromatic N) is 1. The van der Waals surface area contributed by atoms with Crippen molar-refractivity contribution in [3.63, 3.8) is 0 Å². The van der Waals surface area contributed by atoms with Gasteiger partial charge in [0.15, 0.2) is 5.78 Å². The first-order chi connectivity index (χ1) is 8.14. The Morgan fingerprint density at radius 1 is 1.28 bits per heavy atom. The Bertz CT molecular complexity index is 500. The molecule has 1 aromatic rings. The van der Waals surface area contributed by atoms with Crippen molar-refractivity contribution in [2.24, 2.45) is 0 Å². The lowest BCUT2D eigenvalue weighted by atomic mass is 10.1. The SMILES string of the molecule is CC(=O)c1ccc(N(C)C(=O)C(F)(F)F)c(Br)c1. The lowest BCUT2D eigenvalue weighted by Gasteiger charge is -2.20. The minimum absolute atomic E-state index is 0.0438. The second kappa shape index (κ2) is 5.09. The van der Waals surface area contributed by atoms with E-state index in [0.29, 0.717) is 10.5 Å². The standard InChI is InChI=1S/C11H9BrF3NO2/c1-6(17)7-3-4-9(8(12)5-7)16(2)10(18)11(13,14)15/h3-5H,1-2H3. The summed E-state index contributed by atoms with van der Waals surface area (Å²) in [6, 6.07) is 4.02. The fourth-order valence-electron chi connectivity index (χ4n) is 1.30. The van der Waals surface area contributed by atoms with Gasteiger partial charge in [0.1, 0.15) is 0 Å². The van der Waals surface area contributed by atoms with Gasteiger partial charge in [-0.15, -0.1) is 0 Å². The molecule has 98 valence electrons. The molecule has 1 amide bonds. The monoisotopic (exact) mass is 323 g/mol. The highest BCUT2D eigenvalue weighted by Crippen LogP contribution is 2.29. The van der Waals surface area contributed by atoms with Gasteiger partial charge in [0.25, 0.3) is 0 Å². The van der Waals surface area contributed by atoms with Crippen molar-refractivity contribution in [1.29, 1.82) is 0 Å². The number of carbonyl (C=O) groups excluding carboxylic acids is 2. The normalized spacial score (nSPS) is 11.2. The number of hydrogen-bond donors (Lipinski definition) is 0. The van der Waals surface area contributed by atoms with Crippen LogP contribution in [0.3, 0.4) is 0 Å². The van der Waals surface area contributed by atoms with E-state index in [9.17, 15) is 22.8 Å². The van der Waals surface area contributed by atoms with Crippen molar-refractivity contribution in [1.82, 2.24) is 0 Å². The van der Waals surface area contributed by atoms with Crippen LogP contribution in [-0.2, 0) is 4.79 Å². The predicted octanol–water partition coefficient (Wildman–Crippen LogP) is 3.18. The number of carbonyl (C=O) groups is 2. The third-order valence-electron chi connectivity index (χ3n) is 2.26. The minimum Gasteiger partial charge on any atom is -0.307 e. The molecule has 0 radical (unpaired) electrons. The van der Waals surface area contributed by atoms with Crippen LogP contribution in [0, 0.1) is 0 Å². The van der Waals surface area contributed by atoms with Gasteiger partial charge in [-0.1, -0.05) is 0 Å². The molecule has 18 heavy (non-hydrogen) atoms. The van der Waals surface area contributed by atoms with Crippen molar-refractivity contribution in [3.8, 4) is 0 Å². The van der Waals surface area contributed by atoms with Crippen molar-refractivity contribution in [2.75, 3.05) is 11.9 Å². The molecule has 0 saturated carbocycles. The molecule has 1 aromatic carbocycles. The average Bonchev–Trinajstić information content (AvgIpc) is 2.25. The molecule has 0 bridgehead atoms. The number of benzene rings is 1. The highest BCUT2D eigenvalue weighted by Gasteiger charge is 2.42. The number of hydrogen-bond acceptors (Lipinski definition) is 2. The van der Waals surface area contributed by atoms with E-state index in [1.807, 2.05) is 0 Å². The summed E-state index contributed by atoms with van der Waals surface area (Å²) < 4.78 is 37.0. The Hall–Kier alpha value is -1.37. The summed E-state index contributed by atoms with van der Waals surface area (Å²) in [4.78, 5) is 22.6. The van der Waals surface area contributed by atoms with Crippen LogP contribution in [0.1, 0.15) is 17.3 Å². The van der Waals surface area contributed by atoms with E-state index in [2.05, 4.69) is 15.9 Å². The lowest BCUT2D eigenvalue weighted by Crippen LogP contribution is -2.38. The highest BCUT2D eigenvalue weighted by atomic mass is 79.9. The van der Waals surface area contributed by atoms with Gasteiger partial charge >= 0.3 is 12.1 Å². The van der Waals surface area contributed by atoms with Gasteiger partial charge in [0.2, 0.25) is 0 Å². The molecule has 0 aliphatic heterocycles. The smallest absolute Gasteiger partial charge is 0.307 e. The summed E-state index contributed by atoms with van der Waals surface area (Å²) >= 11 is 3.04. The molecule has 0 unspecified atom stereocenters. The number of ketones is 1. The summed E-state index contributed by atoms with van der Waals surface area (Å²) in [6.45, 7) is 1.34. The molecular formula is C11H9BrF3NO2. The van der Waals surface area contributed by atoms with E-state index in [0.717, 1.165) is 7.05 Å². The first kappa shape index (κ1) is 14.7. The van der Waals surface area contributed by atoms with Gasteiger partial charge in [-0.2, -0.15) is 13.2 Å². The minimum atomic E-state index is -4.94. The van der Waals surface area contributed by atoms with Crippen LogP contribution < -0.4 is 4.90 Å². The van der Waals surface area contributed by atoms with E-state index in [1.165, 1.54) is 25.1 Å². The van der Waals surface area contributed by atoms with Gasteiger partial charge in [-0.05, 0) is 41.1 Å². The molecule has 0 aliphatic carbocycles. The fraction of sp³-hybridized carbons (Fsp3) is 0.273. The van der Waals surface area contributed by atoms with Crippen molar-refractivity contribution in [2.45, 2.75) is 13.1 Å². The van der Waals surface area contributed by atoms with Crippen LogP contribution >= 0.6 is 15.9 Å². The predicted molar refractivity (Wildman–Crippen MR) is 63.6 cm³/mol. The van der Waals surface area contributed by atoms with Gasteiger partial charge in [0, 0.05) is 17.1 Å². The number of rotatable bonds is 2. The van der Waals surface area contributed by atoms with Crippen molar-refractivity contribution < 1.29 is 22.8 Å². The zero-order chi connectivity index (χ0) is 14.1. The van der Waals surface area contributed by atoms with Crippen molar-refractivity contribution >= 4 is 33.3 Å². The van der Waals surface area contributed by atoms with E-state index in [-0.39, 0.29) is 15.9 Å². The summed E-state index contributed by atoms with van der Waals surface area (Å²) in [6.07, 6.45) is -4.94. The van der Waals surface area contributed by atoms with Crippen LogP contribution in [-0.4, -0.2) is 24.9 Å². The second-order valence-corrected chi connectivity index (χ2v) is 4.44. The Balaban J connectivity index is 3.12. The summed E-state index contributed by atoms with van der Waals surface area (Å²) in [7, 11) is 1.02. The van der Waals surface area contributed by atoms with Crippen LogP contribution in [0.4, 0.5) is 18.9 Å². The molecule has 0 heterocycles. The second-order valence-electron chi connectivity index (χ2n) is 3.58. The Morgan fingerprint density at radius 2 is 1.83 bits per heavy atom. The van der Waals surface area contributed by atoms with Gasteiger partial charge < -0.3 is 4.90 Å². The van der Waals surface area contributed by atoms with Crippen LogP contribution in [0.25, 0.3) is 0 Å². The largest absolute Gasteiger partial charge is 0.471 e. The molecule has 0 aliphatic rings. The highest BCUT2D eigenvalue weighted by molar-refractivity contribution is 9.10.